The molecule has 10 unspecified atom stereocenters. The van der Waals surface area contributed by atoms with Crippen molar-refractivity contribution in [3.05, 3.63) is 0 Å². The maximum Gasteiger partial charge on any atom is -0.00213 e. The van der Waals surface area contributed by atoms with E-state index in [0.717, 1.165) is 0 Å². The summed E-state index contributed by atoms with van der Waals surface area (Å²) in [6, 6.07) is 0. The van der Waals surface area contributed by atoms with E-state index in [9.17, 15) is 0 Å². The van der Waals surface area contributed by atoms with E-state index in [4.69, 9.17) is 0 Å². The Hall–Kier alpha value is 0. The molecule has 0 saturated heterocycles. The highest BCUT2D eigenvalue weighted by atomic mass is 15.4. The van der Waals surface area contributed by atoms with Crippen LogP contribution < -0.4 is 0 Å². The van der Waals surface area contributed by atoms with Crippen LogP contribution in [0.2, 0.25) is 0 Å². The quantitative estimate of drug-likeness (QED) is 0.370. The number of hydrogen-bond donors (Lipinski definition) is 0. The normalized spacial score (nSPS) is 82.1. The second-order valence-electron chi connectivity index (χ2n) is 17.8. The average Bonchev–Trinajstić information content (AvgIpc) is 2.97. The summed E-state index contributed by atoms with van der Waals surface area (Å²) in [6.45, 7) is 44.5. The summed E-state index contributed by atoms with van der Waals surface area (Å²) in [6.07, 6.45) is 0. The second kappa shape index (κ2) is 3.11. The van der Waals surface area contributed by atoms with E-state index in [-0.39, 0.29) is 0 Å². The molecule has 3 spiro atoms. The minimum absolute atomic E-state index is 0.362. The molecular weight excluding hydrogens is 372 g/mol. The van der Waals surface area contributed by atoms with Crippen LogP contribution in [0.3, 0.4) is 0 Å². The largest absolute Gasteiger partial charge is 0.0588 e. The van der Waals surface area contributed by atoms with Gasteiger partial charge in [0.2, 0.25) is 0 Å². The van der Waals surface area contributed by atoms with Gasteiger partial charge in [-0.1, -0.05) is 111 Å². The molecule has 0 heteroatoms. The molecule has 172 valence electrons. The molecule has 9 fully saturated rings. The Kier molecular flexibility index (Phi) is 1.94. The third-order valence-corrected chi connectivity index (χ3v) is 21.1. The topological polar surface area (TPSA) is 0 Å². The standard InChI is InChI=1S/C31H48/c1-17(2)21(9)23(11)18(3,4)25(13)27(15)20(7,8)28(16)26(14)19(5,6)24(12)22(17,10)29(23,25)31(27,28)30(21,24)26/h1-16H3. The van der Waals surface area contributed by atoms with E-state index >= 15 is 0 Å². The molecule has 31 heavy (non-hydrogen) atoms. The Balaban J connectivity index is 1.71. The highest BCUT2D eigenvalue weighted by molar-refractivity contribution is 5.81. The summed E-state index contributed by atoms with van der Waals surface area (Å²) in [5.74, 6) is 0. The fourth-order valence-electron chi connectivity index (χ4n) is 21.0. The molecule has 9 rings (SSSR count). The van der Waals surface area contributed by atoms with Gasteiger partial charge >= 0.3 is 0 Å². The zero-order chi connectivity index (χ0) is 23.5. The van der Waals surface area contributed by atoms with Crippen molar-refractivity contribution in [1.29, 1.82) is 0 Å². The van der Waals surface area contributed by atoms with E-state index in [2.05, 4.69) is 111 Å². The van der Waals surface area contributed by atoms with Crippen LogP contribution in [0.25, 0.3) is 0 Å². The molecule has 0 nitrogen and oxygen atoms in total. The summed E-state index contributed by atoms with van der Waals surface area (Å²) in [5, 5.41) is 0. The van der Waals surface area contributed by atoms with Crippen LogP contribution in [-0.2, 0) is 0 Å². The smallest absolute Gasteiger partial charge is 0.00213 e. The highest BCUT2D eigenvalue weighted by Crippen LogP contribution is 3.38. The molecule has 0 heterocycles. The van der Waals surface area contributed by atoms with Gasteiger partial charge in [-0.05, 0) is 81.2 Å². The van der Waals surface area contributed by atoms with Gasteiger partial charge in [0, 0.05) is 0 Å². The van der Waals surface area contributed by atoms with Crippen LogP contribution in [0.1, 0.15) is 111 Å². The fourth-order valence-corrected chi connectivity index (χ4v) is 21.0. The van der Waals surface area contributed by atoms with Crippen molar-refractivity contribution in [2.24, 2.45) is 81.2 Å². The van der Waals surface area contributed by atoms with Crippen molar-refractivity contribution in [2.75, 3.05) is 0 Å². The molecule has 9 aliphatic rings. The summed E-state index contributed by atoms with van der Waals surface area (Å²) < 4.78 is 0. The molecule has 0 aliphatic heterocycles. The zero-order valence-electron chi connectivity index (χ0n) is 23.5. The molecule has 0 radical (unpaired) electrons. The second-order valence-corrected chi connectivity index (χ2v) is 17.8. The first kappa shape index (κ1) is 19.3. The first-order chi connectivity index (χ1) is 13.5. The Morgan fingerprint density at radius 3 is 0.484 bits per heavy atom. The number of rotatable bonds is 0. The Morgan fingerprint density at radius 2 is 0.323 bits per heavy atom. The summed E-state index contributed by atoms with van der Waals surface area (Å²) >= 11 is 0. The van der Waals surface area contributed by atoms with E-state index in [0.29, 0.717) is 81.2 Å². The molecule has 9 aliphatic carbocycles. The fraction of sp³-hybridized carbons (Fsp3) is 1.00. The minimum Gasteiger partial charge on any atom is -0.0588 e. The third-order valence-electron chi connectivity index (χ3n) is 21.1. The van der Waals surface area contributed by atoms with Gasteiger partial charge in [0.05, 0.1) is 0 Å². The SMILES string of the molecule is CC1(C)C2(C)C3(C)C(C)(C)C4(C)C5(C)C(C)(C)C6(C)C7(C)C(C)(C)C8(C)C1(C)C34C65C287. The van der Waals surface area contributed by atoms with Crippen molar-refractivity contribution in [1.82, 2.24) is 0 Å². The Bertz CT molecular complexity index is 1060. The maximum atomic E-state index is 2.86. The van der Waals surface area contributed by atoms with E-state index < -0.39 is 0 Å². The third kappa shape index (κ3) is 0.600. The van der Waals surface area contributed by atoms with Gasteiger partial charge < -0.3 is 0 Å². The summed E-state index contributed by atoms with van der Waals surface area (Å²) in [5.41, 5.74) is 6.28. The van der Waals surface area contributed by atoms with Crippen molar-refractivity contribution >= 4 is 0 Å². The van der Waals surface area contributed by atoms with Crippen LogP contribution >= 0.6 is 0 Å². The van der Waals surface area contributed by atoms with Crippen molar-refractivity contribution < 1.29 is 0 Å². The number of fused-ring (bicyclic) bond motifs is 2. The molecule has 0 aromatic rings. The van der Waals surface area contributed by atoms with E-state index in [1.807, 2.05) is 0 Å². The molecule has 9 saturated carbocycles. The van der Waals surface area contributed by atoms with E-state index in [1.54, 1.807) is 0 Å². The Morgan fingerprint density at radius 1 is 0.194 bits per heavy atom. The lowest BCUT2D eigenvalue weighted by Gasteiger charge is -3.14. The zero-order valence-corrected chi connectivity index (χ0v) is 23.5. The van der Waals surface area contributed by atoms with Gasteiger partial charge in [0.25, 0.3) is 0 Å². The lowest BCUT2D eigenvalue weighted by atomic mass is 8.89. The minimum atomic E-state index is 0.362. The van der Waals surface area contributed by atoms with Crippen molar-refractivity contribution in [2.45, 2.75) is 111 Å². The summed E-state index contributed by atoms with van der Waals surface area (Å²) in [7, 11) is 0. The van der Waals surface area contributed by atoms with Gasteiger partial charge in [-0.2, -0.15) is 0 Å². The molecule has 4 bridgehead atoms. The molecule has 10 atom stereocenters. The first-order valence-corrected chi connectivity index (χ1v) is 13.5. The molecule has 0 aromatic heterocycles. The van der Waals surface area contributed by atoms with Crippen LogP contribution in [0.5, 0.6) is 0 Å². The molecule has 0 aromatic carbocycles. The van der Waals surface area contributed by atoms with Crippen molar-refractivity contribution in [3.8, 4) is 0 Å². The van der Waals surface area contributed by atoms with Gasteiger partial charge in [-0.25, -0.2) is 0 Å². The van der Waals surface area contributed by atoms with Gasteiger partial charge in [-0.15, -0.1) is 0 Å². The lowest BCUT2D eigenvalue weighted by molar-refractivity contribution is -0.688. The van der Waals surface area contributed by atoms with E-state index in [1.165, 1.54) is 0 Å². The van der Waals surface area contributed by atoms with Crippen LogP contribution in [0.4, 0.5) is 0 Å². The average molecular weight is 421 g/mol. The Labute approximate surface area is 192 Å². The monoisotopic (exact) mass is 420 g/mol. The molecular formula is C31H48. The first-order valence-electron chi connectivity index (χ1n) is 13.5. The van der Waals surface area contributed by atoms with Crippen LogP contribution in [0.15, 0.2) is 0 Å². The molecule has 0 N–H and O–H groups in total. The van der Waals surface area contributed by atoms with Gasteiger partial charge in [0.15, 0.2) is 0 Å². The number of hydrogen-bond acceptors (Lipinski definition) is 0. The van der Waals surface area contributed by atoms with Crippen molar-refractivity contribution in [3.63, 3.8) is 0 Å². The highest BCUT2D eigenvalue weighted by Gasteiger charge is 3.35. The molecule has 0 amide bonds. The maximum absolute atomic E-state index is 2.86. The predicted octanol–water partition coefficient (Wildman–Crippen LogP) is 8.21. The van der Waals surface area contributed by atoms with Crippen LogP contribution in [-0.4, -0.2) is 0 Å². The van der Waals surface area contributed by atoms with Crippen LogP contribution in [0, 0.1) is 81.2 Å². The van der Waals surface area contributed by atoms with Gasteiger partial charge in [-0.3, -0.25) is 0 Å². The lowest BCUT2D eigenvalue weighted by Crippen LogP contribution is -3.12. The summed E-state index contributed by atoms with van der Waals surface area (Å²) in [4.78, 5) is 0. The van der Waals surface area contributed by atoms with Gasteiger partial charge in [0.1, 0.15) is 0 Å². The predicted molar refractivity (Wildman–Crippen MR) is 127 cm³/mol.